The molecular formula is C17H19NOS. The standard InChI is InChI=1S/C17H19NOS/c18-10-9-13-5-1-3-7-16(13)19-11-14-12-20-17-8-4-2-6-15(14)17/h1-8,14H,9-12,18H2. The van der Waals surface area contributed by atoms with Gasteiger partial charge in [0.25, 0.3) is 0 Å². The number of rotatable bonds is 5. The SMILES string of the molecule is NCCc1ccccc1OCC1CSc2ccccc21. The van der Waals surface area contributed by atoms with Gasteiger partial charge in [-0.05, 0) is 36.2 Å². The maximum Gasteiger partial charge on any atom is 0.122 e. The topological polar surface area (TPSA) is 35.2 Å². The van der Waals surface area contributed by atoms with E-state index in [-0.39, 0.29) is 0 Å². The average molecular weight is 285 g/mol. The summed E-state index contributed by atoms with van der Waals surface area (Å²) in [7, 11) is 0. The van der Waals surface area contributed by atoms with Gasteiger partial charge in [0.05, 0.1) is 6.61 Å². The van der Waals surface area contributed by atoms with Crippen LogP contribution in [0.1, 0.15) is 17.0 Å². The van der Waals surface area contributed by atoms with Gasteiger partial charge in [-0.1, -0.05) is 36.4 Å². The number of para-hydroxylation sites is 1. The van der Waals surface area contributed by atoms with Gasteiger partial charge in [-0.15, -0.1) is 11.8 Å². The molecule has 0 spiro atoms. The van der Waals surface area contributed by atoms with Gasteiger partial charge in [-0.2, -0.15) is 0 Å². The summed E-state index contributed by atoms with van der Waals surface area (Å²) in [4.78, 5) is 1.40. The molecule has 0 amide bonds. The van der Waals surface area contributed by atoms with Crippen LogP contribution >= 0.6 is 11.8 Å². The van der Waals surface area contributed by atoms with Gasteiger partial charge in [-0.3, -0.25) is 0 Å². The van der Waals surface area contributed by atoms with E-state index in [1.54, 1.807) is 0 Å². The van der Waals surface area contributed by atoms with Gasteiger partial charge < -0.3 is 10.5 Å². The van der Waals surface area contributed by atoms with Crippen molar-refractivity contribution in [3.8, 4) is 5.75 Å². The van der Waals surface area contributed by atoms with Crippen molar-refractivity contribution in [2.75, 3.05) is 18.9 Å². The molecule has 2 aromatic carbocycles. The fraction of sp³-hybridized carbons (Fsp3) is 0.294. The van der Waals surface area contributed by atoms with Crippen molar-refractivity contribution in [2.24, 2.45) is 5.73 Å². The van der Waals surface area contributed by atoms with Crippen LogP contribution in [0.2, 0.25) is 0 Å². The van der Waals surface area contributed by atoms with E-state index in [2.05, 4.69) is 30.3 Å². The molecule has 3 heteroatoms. The summed E-state index contributed by atoms with van der Waals surface area (Å²) in [5.41, 5.74) is 8.28. The van der Waals surface area contributed by atoms with E-state index in [0.29, 0.717) is 12.5 Å². The van der Waals surface area contributed by atoms with E-state index in [1.807, 2.05) is 30.0 Å². The highest BCUT2D eigenvalue weighted by atomic mass is 32.2. The third-order valence-corrected chi connectivity index (χ3v) is 4.88. The Balaban J connectivity index is 1.69. The molecule has 1 atom stereocenters. The number of benzene rings is 2. The molecule has 0 radical (unpaired) electrons. The van der Waals surface area contributed by atoms with E-state index in [4.69, 9.17) is 10.5 Å². The lowest BCUT2D eigenvalue weighted by Crippen LogP contribution is -2.11. The van der Waals surface area contributed by atoms with Crippen LogP contribution in [0, 0.1) is 0 Å². The van der Waals surface area contributed by atoms with E-state index >= 15 is 0 Å². The minimum atomic E-state index is 0.488. The lowest BCUT2D eigenvalue weighted by molar-refractivity contribution is 0.295. The normalized spacial score (nSPS) is 16.9. The van der Waals surface area contributed by atoms with Gasteiger partial charge >= 0.3 is 0 Å². The van der Waals surface area contributed by atoms with E-state index in [0.717, 1.165) is 24.5 Å². The van der Waals surface area contributed by atoms with E-state index < -0.39 is 0 Å². The van der Waals surface area contributed by atoms with Gasteiger partial charge in [0, 0.05) is 16.6 Å². The number of ether oxygens (including phenoxy) is 1. The highest BCUT2D eigenvalue weighted by Gasteiger charge is 2.23. The van der Waals surface area contributed by atoms with Crippen LogP contribution in [0.15, 0.2) is 53.4 Å². The molecule has 3 rings (SSSR count). The fourth-order valence-corrected chi connectivity index (χ4v) is 3.80. The summed E-state index contributed by atoms with van der Waals surface area (Å²) >= 11 is 1.93. The largest absolute Gasteiger partial charge is 0.493 e. The predicted molar refractivity (Wildman–Crippen MR) is 84.6 cm³/mol. The maximum absolute atomic E-state index is 6.06. The number of nitrogens with two attached hydrogens (primary N) is 1. The Bertz CT molecular complexity index is 585. The zero-order valence-corrected chi connectivity index (χ0v) is 12.2. The third-order valence-electron chi connectivity index (χ3n) is 3.63. The first-order valence-electron chi connectivity index (χ1n) is 7.01. The van der Waals surface area contributed by atoms with Crippen LogP contribution in [0.3, 0.4) is 0 Å². The van der Waals surface area contributed by atoms with Gasteiger partial charge in [-0.25, -0.2) is 0 Å². The molecule has 0 saturated heterocycles. The van der Waals surface area contributed by atoms with Gasteiger partial charge in [0.2, 0.25) is 0 Å². The molecule has 1 aliphatic heterocycles. The molecule has 2 N–H and O–H groups in total. The fourth-order valence-electron chi connectivity index (χ4n) is 2.56. The molecule has 2 aromatic rings. The summed E-state index contributed by atoms with van der Waals surface area (Å²) in [6, 6.07) is 16.8. The summed E-state index contributed by atoms with van der Waals surface area (Å²) < 4.78 is 6.06. The van der Waals surface area contributed by atoms with Crippen LogP contribution in [0.4, 0.5) is 0 Å². The Hall–Kier alpha value is -1.45. The first-order valence-corrected chi connectivity index (χ1v) is 7.99. The van der Waals surface area contributed by atoms with Crippen LogP contribution in [-0.4, -0.2) is 18.9 Å². The second-order valence-corrected chi connectivity index (χ2v) is 6.06. The molecule has 0 saturated carbocycles. The first-order chi connectivity index (χ1) is 9.88. The maximum atomic E-state index is 6.06. The second-order valence-electron chi connectivity index (χ2n) is 5.00. The van der Waals surface area contributed by atoms with Crippen molar-refractivity contribution in [2.45, 2.75) is 17.2 Å². The number of fused-ring (bicyclic) bond motifs is 1. The zero-order valence-electron chi connectivity index (χ0n) is 11.4. The quantitative estimate of drug-likeness (QED) is 0.914. The van der Waals surface area contributed by atoms with Gasteiger partial charge in [0.1, 0.15) is 5.75 Å². The van der Waals surface area contributed by atoms with Gasteiger partial charge in [0.15, 0.2) is 0 Å². The lowest BCUT2D eigenvalue weighted by Gasteiger charge is -2.15. The van der Waals surface area contributed by atoms with Crippen molar-refractivity contribution in [3.05, 3.63) is 59.7 Å². The molecule has 0 bridgehead atoms. The zero-order chi connectivity index (χ0) is 13.8. The Morgan fingerprint density at radius 3 is 2.80 bits per heavy atom. The molecular weight excluding hydrogens is 266 g/mol. The van der Waals surface area contributed by atoms with Crippen LogP contribution in [-0.2, 0) is 6.42 Å². The Morgan fingerprint density at radius 1 is 1.10 bits per heavy atom. The van der Waals surface area contributed by atoms with Crippen molar-refractivity contribution in [1.82, 2.24) is 0 Å². The van der Waals surface area contributed by atoms with Crippen LogP contribution in [0.25, 0.3) is 0 Å². The molecule has 2 nitrogen and oxygen atoms in total. The van der Waals surface area contributed by atoms with Crippen LogP contribution < -0.4 is 10.5 Å². The van der Waals surface area contributed by atoms with Crippen LogP contribution in [0.5, 0.6) is 5.75 Å². The summed E-state index contributed by atoms with van der Waals surface area (Å²) in [6.45, 7) is 1.40. The van der Waals surface area contributed by atoms with Crippen molar-refractivity contribution in [1.29, 1.82) is 0 Å². The molecule has 0 aromatic heterocycles. The Morgan fingerprint density at radius 2 is 1.90 bits per heavy atom. The van der Waals surface area contributed by atoms with Crippen molar-refractivity contribution >= 4 is 11.8 Å². The number of hydrogen-bond acceptors (Lipinski definition) is 3. The summed E-state index contributed by atoms with van der Waals surface area (Å²) in [5.74, 6) is 2.58. The molecule has 104 valence electrons. The minimum absolute atomic E-state index is 0.488. The molecule has 1 aliphatic rings. The highest BCUT2D eigenvalue weighted by molar-refractivity contribution is 7.99. The highest BCUT2D eigenvalue weighted by Crippen LogP contribution is 2.39. The summed E-state index contributed by atoms with van der Waals surface area (Å²) in [6.07, 6.45) is 0.867. The number of thioether (sulfide) groups is 1. The monoisotopic (exact) mass is 285 g/mol. The molecule has 0 fully saturated rings. The third kappa shape index (κ3) is 2.84. The molecule has 1 unspecified atom stereocenters. The minimum Gasteiger partial charge on any atom is -0.493 e. The molecule has 1 heterocycles. The Labute approximate surface area is 124 Å². The second kappa shape index (κ2) is 6.33. The average Bonchev–Trinajstić information content (AvgIpc) is 2.90. The lowest BCUT2D eigenvalue weighted by atomic mass is 10.0. The van der Waals surface area contributed by atoms with Crippen molar-refractivity contribution < 1.29 is 4.74 Å². The van der Waals surface area contributed by atoms with Crippen molar-refractivity contribution in [3.63, 3.8) is 0 Å². The first kappa shape index (κ1) is 13.5. The predicted octanol–water partition coefficient (Wildman–Crippen LogP) is 3.46. The molecule has 0 aliphatic carbocycles. The van der Waals surface area contributed by atoms with E-state index in [9.17, 15) is 0 Å². The number of hydrogen-bond donors (Lipinski definition) is 1. The smallest absolute Gasteiger partial charge is 0.122 e. The molecule has 20 heavy (non-hydrogen) atoms. The Kier molecular flexibility index (Phi) is 4.28. The summed E-state index contributed by atoms with van der Waals surface area (Å²) in [5, 5.41) is 0. The van der Waals surface area contributed by atoms with E-state index in [1.165, 1.54) is 16.0 Å².